The molecule has 24 heavy (non-hydrogen) atoms. The molecule has 8 nitrogen and oxygen atoms in total. The van der Waals surface area contributed by atoms with Crippen molar-refractivity contribution in [3.05, 3.63) is 16.8 Å². The van der Waals surface area contributed by atoms with Crippen LogP contribution >= 0.6 is 0 Å². The molecular formula is C13H18F3N5O3. The van der Waals surface area contributed by atoms with Crippen LogP contribution in [0.25, 0.3) is 0 Å². The molecule has 2 amide bonds. The quantitative estimate of drug-likeness (QED) is 0.807. The third-order valence-corrected chi connectivity index (χ3v) is 3.91. The first-order valence-corrected chi connectivity index (χ1v) is 7.31. The zero-order valence-corrected chi connectivity index (χ0v) is 13.2. The summed E-state index contributed by atoms with van der Waals surface area (Å²) in [4.78, 5) is 35.8. The maximum atomic E-state index is 12.9. The van der Waals surface area contributed by atoms with Crippen molar-refractivity contribution >= 4 is 11.8 Å². The van der Waals surface area contributed by atoms with Gasteiger partial charge in [-0.2, -0.15) is 18.3 Å². The Morgan fingerprint density at radius 1 is 1.38 bits per heavy atom. The molecule has 1 aromatic rings. The summed E-state index contributed by atoms with van der Waals surface area (Å²) in [5, 5.41) is 6.28. The van der Waals surface area contributed by atoms with Crippen LogP contribution in [0.4, 0.5) is 13.2 Å². The number of rotatable bonds is 3. The highest BCUT2D eigenvalue weighted by molar-refractivity contribution is 5.76. The van der Waals surface area contributed by atoms with Gasteiger partial charge < -0.3 is 10.2 Å². The standard InChI is InChI=1S/C13H18F3N5O3/c1-8(22)20-5-9(3-4-10(20)13(14,15)16)18-11(23)6-21-12(24)19(2)7-17-21/h7,9-10H,3-6H2,1-2H3,(H,18,23). The van der Waals surface area contributed by atoms with E-state index in [2.05, 4.69) is 10.4 Å². The minimum absolute atomic E-state index is 0.0941. The molecule has 0 saturated carbocycles. The predicted molar refractivity (Wildman–Crippen MR) is 75.9 cm³/mol. The Balaban J connectivity index is 1.99. The lowest BCUT2D eigenvalue weighted by molar-refractivity contribution is -0.196. The minimum atomic E-state index is -4.50. The number of aromatic nitrogens is 3. The molecule has 2 atom stereocenters. The smallest absolute Gasteiger partial charge is 0.350 e. The number of likely N-dealkylation sites (tertiary alicyclic amines) is 1. The van der Waals surface area contributed by atoms with Crippen LogP contribution in [-0.4, -0.2) is 55.9 Å². The first-order valence-electron chi connectivity index (χ1n) is 7.31. The molecule has 1 fully saturated rings. The van der Waals surface area contributed by atoms with Crippen molar-refractivity contribution in [2.24, 2.45) is 7.05 Å². The van der Waals surface area contributed by atoms with Crippen LogP contribution in [0.3, 0.4) is 0 Å². The van der Waals surface area contributed by atoms with Crippen LogP contribution in [0.2, 0.25) is 0 Å². The molecule has 0 spiro atoms. The third kappa shape index (κ3) is 3.95. The van der Waals surface area contributed by atoms with Crippen LogP contribution in [0.1, 0.15) is 19.8 Å². The van der Waals surface area contributed by atoms with Gasteiger partial charge in [-0.05, 0) is 12.8 Å². The van der Waals surface area contributed by atoms with Crippen molar-refractivity contribution in [2.45, 2.75) is 44.6 Å². The third-order valence-electron chi connectivity index (χ3n) is 3.91. The summed E-state index contributed by atoms with van der Waals surface area (Å²) in [7, 11) is 1.48. The highest BCUT2D eigenvalue weighted by Crippen LogP contribution is 2.31. The van der Waals surface area contributed by atoms with Crippen molar-refractivity contribution in [3.63, 3.8) is 0 Å². The number of hydrogen-bond donors (Lipinski definition) is 1. The van der Waals surface area contributed by atoms with Gasteiger partial charge in [0.2, 0.25) is 11.8 Å². The number of nitrogens with one attached hydrogen (secondary N) is 1. The fourth-order valence-electron chi connectivity index (χ4n) is 2.72. The summed E-state index contributed by atoms with van der Waals surface area (Å²) in [6, 6.07) is -2.43. The van der Waals surface area contributed by atoms with E-state index in [0.29, 0.717) is 0 Å². The average molecular weight is 349 g/mol. The summed E-state index contributed by atoms with van der Waals surface area (Å²) in [6.45, 7) is 0.512. The number of carbonyl (C=O) groups excluding carboxylic acids is 2. The van der Waals surface area contributed by atoms with Gasteiger partial charge in [-0.1, -0.05) is 0 Å². The number of halogens is 3. The van der Waals surface area contributed by atoms with Crippen molar-refractivity contribution in [1.82, 2.24) is 24.6 Å². The predicted octanol–water partition coefficient (Wildman–Crippen LogP) is -0.360. The lowest BCUT2D eigenvalue weighted by Crippen LogP contribution is -2.58. The van der Waals surface area contributed by atoms with E-state index in [4.69, 9.17) is 0 Å². The highest BCUT2D eigenvalue weighted by Gasteiger charge is 2.47. The molecule has 0 aliphatic carbocycles. The largest absolute Gasteiger partial charge is 0.408 e. The summed E-state index contributed by atoms with van der Waals surface area (Å²) in [5.74, 6) is -1.24. The van der Waals surface area contributed by atoms with E-state index >= 15 is 0 Å². The molecule has 2 rings (SSSR count). The van der Waals surface area contributed by atoms with E-state index in [0.717, 1.165) is 16.5 Å². The van der Waals surface area contributed by atoms with Gasteiger partial charge in [-0.25, -0.2) is 9.48 Å². The number of carbonyl (C=O) groups is 2. The lowest BCUT2D eigenvalue weighted by atomic mass is 9.97. The van der Waals surface area contributed by atoms with Gasteiger partial charge in [0.05, 0.1) is 0 Å². The van der Waals surface area contributed by atoms with E-state index in [1.165, 1.54) is 17.9 Å². The average Bonchev–Trinajstić information content (AvgIpc) is 2.78. The molecule has 0 radical (unpaired) electrons. The monoisotopic (exact) mass is 349 g/mol. The Morgan fingerprint density at radius 2 is 2.04 bits per heavy atom. The van der Waals surface area contributed by atoms with E-state index in [1.54, 1.807) is 0 Å². The van der Waals surface area contributed by atoms with Crippen molar-refractivity contribution < 1.29 is 22.8 Å². The molecule has 0 aromatic carbocycles. The maximum absolute atomic E-state index is 12.9. The molecule has 0 bridgehead atoms. The van der Waals surface area contributed by atoms with Gasteiger partial charge in [-0.3, -0.25) is 14.2 Å². The second-order valence-electron chi connectivity index (χ2n) is 5.75. The Morgan fingerprint density at radius 3 is 2.54 bits per heavy atom. The molecule has 11 heteroatoms. The molecular weight excluding hydrogens is 331 g/mol. The molecule has 134 valence electrons. The van der Waals surface area contributed by atoms with E-state index < -0.39 is 35.8 Å². The molecule has 1 aliphatic heterocycles. The molecule has 1 aliphatic rings. The normalized spacial score (nSPS) is 21.6. The zero-order valence-electron chi connectivity index (χ0n) is 13.2. The van der Waals surface area contributed by atoms with Gasteiger partial charge in [0.1, 0.15) is 18.9 Å². The second kappa shape index (κ2) is 6.65. The Kier molecular flexibility index (Phi) is 4.99. The number of aryl methyl sites for hydroxylation is 1. The van der Waals surface area contributed by atoms with Crippen molar-refractivity contribution in [3.8, 4) is 0 Å². The summed E-state index contributed by atoms with van der Waals surface area (Å²) < 4.78 is 41.0. The fourth-order valence-corrected chi connectivity index (χ4v) is 2.72. The Hall–Kier alpha value is -2.33. The number of amides is 2. The first kappa shape index (κ1) is 18.0. The Labute approximate surface area is 135 Å². The number of piperidine rings is 1. The number of hydrogen-bond acceptors (Lipinski definition) is 4. The van der Waals surface area contributed by atoms with Gasteiger partial charge in [0.15, 0.2) is 0 Å². The molecule has 2 heterocycles. The van der Waals surface area contributed by atoms with Crippen LogP contribution in [0.15, 0.2) is 11.1 Å². The highest BCUT2D eigenvalue weighted by atomic mass is 19.4. The van der Waals surface area contributed by atoms with Gasteiger partial charge in [-0.15, -0.1) is 0 Å². The van der Waals surface area contributed by atoms with Gasteiger partial charge >= 0.3 is 11.9 Å². The lowest BCUT2D eigenvalue weighted by Gasteiger charge is -2.40. The summed E-state index contributed by atoms with van der Waals surface area (Å²) in [6.07, 6.45) is -3.43. The van der Waals surface area contributed by atoms with E-state index in [9.17, 15) is 27.6 Å². The molecule has 2 unspecified atom stereocenters. The fraction of sp³-hybridized carbons (Fsp3) is 0.692. The second-order valence-corrected chi connectivity index (χ2v) is 5.75. The molecule has 1 N–H and O–H groups in total. The van der Waals surface area contributed by atoms with E-state index in [-0.39, 0.29) is 25.9 Å². The zero-order chi connectivity index (χ0) is 18.1. The van der Waals surface area contributed by atoms with Crippen LogP contribution in [-0.2, 0) is 23.2 Å². The SMILES string of the molecule is CC(=O)N1CC(NC(=O)Cn2ncn(C)c2=O)CCC1C(F)(F)F. The number of nitrogens with zero attached hydrogens (tertiary/aromatic N) is 4. The summed E-state index contributed by atoms with van der Waals surface area (Å²) in [5.41, 5.74) is -0.476. The molecule has 1 aromatic heterocycles. The van der Waals surface area contributed by atoms with Gasteiger partial charge in [0.25, 0.3) is 0 Å². The maximum Gasteiger partial charge on any atom is 0.408 e. The van der Waals surface area contributed by atoms with Crippen LogP contribution in [0, 0.1) is 0 Å². The Bertz CT molecular complexity index is 681. The van der Waals surface area contributed by atoms with Crippen molar-refractivity contribution in [1.29, 1.82) is 0 Å². The number of alkyl halides is 3. The van der Waals surface area contributed by atoms with Gasteiger partial charge in [0, 0.05) is 26.6 Å². The van der Waals surface area contributed by atoms with Crippen LogP contribution < -0.4 is 11.0 Å². The van der Waals surface area contributed by atoms with Crippen molar-refractivity contribution in [2.75, 3.05) is 6.54 Å². The van der Waals surface area contributed by atoms with Crippen LogP contribution in [0.5, 0.6) is 0 Å². The van der Waals surface area contributed by atoms with E-state index in [1.807, 2.05) is 0 Å². The summed E-state index contributed by atoms with van der Waals surface area (Å²) >= 11 is 0. The molecule has 1 saturated heterocycles. The first-order chi connectivity index (χ1) is 11.1. The topological polar surface area (TPSA) is 89.2 Å². The minimum Gasteiger partial charge on any atom is -0.350 e.